The zero-order valence-corrected chi connectivity index (χ0v) is 14.4. The Morgan fingerprint density at radius 3 is 2.75 bits per heavy atom. The molecular formula is C17H25N3O4. The third-order valence-electron chi connectivity index (χ3n) is 3.90. The number of nitrogens with one attached hydrogen (secondary N) is 1. The SMILES string of the molecule is COc1ccc(OC(C)C)c(NC(=O)N2CCC[C@@H](C(N)=O)C2)c1. The minimum atomic E-state index is -0.363. The highest BCUT2D eigenvalue weighted by Crippen LogP contribution is 2.30. The van der Waals surface area contributed by atoms with Crippen molar-refractivity contribution in [1.82, 2.24) is 4.90 Å². The Morgan fingerprint density at radius 2 is 2.12 bits per heavy atom. The number of primary amides is 1. The summed E-state index contributed by atoms with van der Waals surface area (Å²) in [5, 5.41) is 2.85. The molecule has 1 saturated heterocycles. The largest absolute Gasteiger partial charge is 0.497 e. The van der Waals surface area contributed by atoms with Crippen LogP contribution < -0.4 is 20.5 Å². The fourth-order valence-electron chi connectivity index (χ4n) is 2.68. The van der Waals surface area contributed by atoms with Crippen molar-refractivity contribution in [1.29, 1.82) is 0 Å². The van der Waals surface area contributed by atoms with Crippen LogP contribution in [0.2, 0.25) is 0 Å². The summed E-state index contributed by atoms with van der Waals surface area (Å²) in [5.74, 6) is 0.538. The summed E-state index contributed by atoms with van der Waals surface area (Å²) in [7, 11) is 1.56. The lowest BCUT2D eigenvalue weighted by Gasteiger charge is -2.31. The molecule has 1 heterocycles. The van der Waals surface area contributed by atoms with E-state index in [1.165, 1.54) is 0 Å². The zero-order chi connectivity index (χ0) is 17.7. The smallest absolute Gasteiger partial charge is 0.321 e. The predicted octanol–water partition coefficient (Wildman–Crippen LogP) is 2.21. The number of hydrogen-bond acceptors (Lipinski definition) is 4. The van der Waals surface area contributed by atoms with Crippen LogP contribution in [-0.4, -0.2) is 43.1 Å². The lowest BCUT2D eigenvalue weighted by molar-refractivity contribution is -0.123. The average molecular weight is 335 g/mol. The number of anilines is 1. The van der Waals surface area contributed by atoms with Gasteiger partial charge < -0.3 is 25.4 Å². The van der Waals surface area contributed by atoms with Crippen LogP contribution in [0.3, 0.4) is 0 Å². The monoisotopic (exact) mass is 335 g/mol. The van der Waals surface area contributed by atoms with Gasteiger partial charge in [-0.15, -0.1) is 0 Å². The number of benzene rings is 1. The van der Waals surface area contributed by atoms with Crippen molar-refractivity contribution in [3.63, 3.8) is 0 Å². The number of likely N-dealkylation sites (tertiary alicyclic amines) is 1. The number of methoxy groups -OCH3 is 1. The van der Waals surface area contributed by atoms with E-state index < -0.39 is 0 Å². The van der Waals surface area contributed by atoms with Gasteiger partial charge in [-0.05, 0) is 38.8 Å². The quantitative estimate of drug-likeness (QED) is 0.862. The van der Waals surface area contributed by atoms with Crippen molar-refractivity contribution in [2.24, 2.45) is 11.7 Å². The summed E-state index contributed by atoms with van der Waals surface area (Å²) >= 11 is 0. The number of urea groups is 1. The van der Waals surface area contributed by atoms with Crippen molar-refractivity contribution in [2.75, 3.05) is 25.5 Å². The summed E-state index contributed by atoms with van der Waals surface area (Å²) < 4.78 is 10.9. The van der Waals surface area contributed by atoms with Crippen molar-refractivity contribution in [3.8, 4) is 11.5 Å². The second-order valence-corrected chi connectivity index (χ2v) is 6.15. The second-order valence-electron chi connectivity index (χ2n) is 6.15. The first-order chi connectivity index (χ1) is 11.4. The summed E-state index contributed by atoms with van der Waals surface area (Å²) in [6.07, 6.45) is 1.46. The van der Waals surface area contributed by atoms with E-state index in [-0.39, 0.29) is 24.0 Å². The van der Waals surface area contributed by atoms with Crippen molar-refractivity contribution >= 4 is 17.6 Å². The molecule has 1 aromatic carbocycles. The van der Waals surface area contributed by atoms with E-state index in [1.54, 1.807) is 30.2 Å². The van der Waals surface area contributed by atoms with Crippen LogP contribution in [0.25, 0.3) is 0 Å². The Kier molecular flexibility index (Phi) is 5.89. The molecular weight excluding hydrogens is 310 g/mol. The molecule has 1 aromatic rings. The van der Waals surface area contributed by atoms with Gasteiger partial charge in [0.2, 0.25) is 5.91 Å². The Labute approximate surface area is 142 Å². The molecule has 7 heteroatoms. The number of carbonyl (C=O) groups is 2. The molecule has 3 N–H and O–H groups in total. The molecule has 3 amide bonds. The fraction of sp³-hybridized carbons (Fsp3) is 0.529. The van der Waals surface area contributed by atoms with Gasteiger partial charge in [0.25, 0.3) is 0 Å². The van der Waals surface area contributed by atoms with Crippen molar-refractivity contribution < 1.29 is 19.1 Å². The minimum Gasteiger partial charge on any atom is -0.497 e. The lowest BCUT2D eigenvalue weighted by atomic mass is 9.98. The normalized spacial score (nSPS) is 17.5. The second kappa shape index (κ2) is 7.90. The van der Waals surface area contributed by atoms with Gasteiger partial charge in [-0.3, -0.25) is 4.79 Å². The Hall–Kier alpha value is -2.44. The molecule has 0 unspecified atom stereocenters. The molecule has 0 radical (unpaired) electrons. The van der Waals surface area contributed by atoms with E-state index >= 15 is 0 Å². The first-order valence-corrected chi connectivity index (χ1v) is 8.10. The highest BCUT2D eigenvalue weighted by molar-refractivity contribution is 5.92. The van der Waals surface area contributed by atoms with Crippen LogP contribution in [0.4, 0.5) is 10.5 Å². The maximum absolute atomic E-state index is 12.5. The highest BCUT2D eigenvalue weighted by atomic mass is 16.5. The van der Waals surface area contributed by atoms with Gasteiger partial charge >= 0.3 is 6.03 Å². The third-order valence-corrected chi connectivity index (χ3v) is 3.90. The van der Waals surface area contributed by atoms with E-state index in [2.05, 4.69) is 5.32 Å². The van der Waals surface area contributed by atoms with Crippen LogP contribution in [0.15, 0.2) is 18.2 Å². The maximum Gasteiger partial charge on any atom is 0.321 e. The molecule has 2 rings (SSSR count). The Morgan fingerprint density at radius 1 is 1.38 bits per heavy atom. The fourth-order valence-corrected chi connectivity index (χ4v) is 2.68. The first kappa shape index (κ1) is 17.9. The van der Waals surface area contributed by atoms with Crippen LogP contribution in [0.5, 0.6) is 11.5 Å². The van der Waals surface area contributed by atoms with Crippen LogP contribution in [-0.2, 0) is 4.79 Å². The molecule has 24 heavy (non-hydrogen) atoms. The molecule has 132 valence electrons. The van der Waals surface area contributed by atoms with Crippen LogP contribution in [0.1, 0.15) is 26.7 Å². The number of hydrogen-bond donors (Lipinski definition) is 2. The molecule has 0 saturated carbocycles. The van der Waals surface area contributed by atoms with Gasteiger partial charge in [-0.2, -0.15) is 0 Å². The molecule has 0 spiro atoms. The Balaban J connectivity index is 2.13. The Bertz CT molecular complexity index is 603. The topological polar surface area (TPSA) is 93.9 Å². The van der Waals surface area contributed by atoms with Crippen molar-refractivity contribution in [2.45, 2.75) is 32.8 Å². The summed E-state index contributed by atoms with van der Waals surface area (Å²) in [6, 6.07) is 4.97. The van der Waals surface area contributed by atoms with Gasteiger partial charge in [0, 0.05) is 19.2 Å². The van der Waals surface area contributed by atoms with E-state index in [0.717, 1.165) is 12.8 Å². The van der Waals surface area contributed by atoms with E-state index in [0.29, 0.717) is 30.3 Å². The molecule has 0 bridgehead atoms. The summed E-state index contributed by atoms with van der Waals surface area (Å²) in [6.45, 7) is 4.77. The number of piperidine rings is 1. The predicted molar refractivity (Wildman–Crippen MR) is 91.3 cm³/mol. The average Bonchev–Trinajstić information content (AvgIpc) is 2.56. The summed E-state index contributed by atoms with van der Waals surface area (Å²) in [5.41, 5.74) is 5.90. The number of rotatable bonds is 5. The van der Waals surface area contributed by atoms with Crippen molar-refractivity contribution in [3.05, 3.63) is 18.2 Å². The van der Waals surface area contributed by atoms with Crippen LogP contribution >= 0.6 is 0 Å². The van der Waals surface area contributed by atoms with Gasteiger partial charge in [0.1, 0.15) is 11.5 Å². The number of nitrogens with zero attached hydrogens (tertiary/aromatic N) is 1. The molecule has 0 aromatic heterocycles. The van der Waals surface area contributed by atoms with E-state index in [9.17, 15) is 9.59 Å². The number of nitrogens with two attached hydrogens (primary N) is 1. The highest BCUT2D eigenvalue weighted by Gasteiger charge is 2.27. The number of ether oxygens (including phenoxy) is 2. The molecule has 1 atom stereocenters. The molecule has 0 aliphatic carbocycles. The van der Waals surface area contributed by atoms with Gasteiger partial charge in [0.15, 0.2) is 0 Å². The molecule has 7 nitrogen and oxygen atoms in total. The van der Waals surface area contributed by atoms with E-state index in [1.807, 2.05) is 13.8 Å². The summed E-state index contributed by atoms with van der Waals surface area (Å²) in [4.78, 5) is 25.5. The standard InChI is InChI=1S/C17H25N3O4/c1-11(2)24-15-7-6-13(23-3)9-14(15)19-17(22)20-8-4-5-12(10-20)16(18)21/h6-7,9,11-12H,4-5,8,10H2,1-3H3,(H2,18,21)(H,19,22)/t12-/m1/s1. The lowest BCUT2D eigenvalue weighted by Crippen LogP contribution is -2.45. The van der Waals surface area contributed by atoms with Gasteiger partial charge in [0.05, 0.1) is 24.8 Å². The molecule has 1 aliphatic heterocycles. The van der Waals surface area contributed by atoms with Gasteiger partial charge in [-0.1, -0.05) is 0 Å². The van der Waals surface area contributed by atoms with Gasteiger partial charge in [-0.25, -0.2) is 4.79 Å². The minimum absolute atomic E-state index is 0.0247. The maximum atomic E-state index is 12.5. The molecule has 1 fully saturated rings. The molecule has 1 aliphatic rings. The zero-order valence-electron chi connectivity index (χ0n) is 14.4. The number of carbonyl (C=O) groups excluding carboxylic acids is 2. The third kappa shape index (κ3) is 4.53. The number of amides is 3. The first-order valence-electron chi connectivity index (χ1n) is 8.10. The van der Waals surface area contributed by atoms with Crippen LogP contribution in [0, 0.1) is 5.92 Å². The van der Waals surface area contributed by atoms with E-state index in [4.69, 9.17) is 15.2 Å².